The largest absolute Gasteiger partial charge is 0.410 e. The van der Waals surface area contributed by atoms with E-state index in [1.807, 2.05) is 0 Å². The fourth-order valence-electron chi connectivity index (χ4n) is 3.17. The normalized spacial score (nSPS) is 20.8. The van der Waals surface area contributed by atoms with E-state index in [1.165, 1.54) is 33.8 Å². The number of fused-ring (bicyclic) bond motifs is 1. The first-order valence-electron chi connectivity index (χ1n) is 8.93. The molecule has 0 saturated carbocycles. The highest BCUT2D eigenvalue weighted by Gasteiger charge is 2.53. The van der Waals surface area contributed by atoms with Crippen LogP contribution in [0.25, 0.3) is 0 Å². The van der Waals surface area contributed by atoms with Gasteiger partial charge in [0.1, 0.15) is 27.8 Å². The molecule has 2 aromatic heterocycles. The van der Waals surface area contributed by atoms with Crippen molar-refractivity contribution < 1.29 is 19.6 Å². The van der Waals surface area contributed by atoms with Crippen LogP contribution in [0.15, 0.2) is 33.0 Å². The van der Waals surface area contributed by atoms with E-state index < -0.39 is 28.3 Å². The van der Waals surface area contributed by atoms with Crippen LogP contribution in [0.3, 0.4) is 0 Å². The van der Waals surface area contributed by atoms with E-state index in [0.717, 1.165) is 16.9 Å². The van der Waals surface area contributed by atoms with E-state index in [0.29, 0.717) is 16.5 Å². The van der Waals surface area contributed by atoms with E-state index in [9.17, 15) is 19.6 Å². The maximum Gasteiger partial charge on any atom is 0.276 e. The Morgan fingerprint density at radius 2 is 2.28 bits per heavy atom. The second-order valence-corrected chi connectivity index (χ2v) is 10.1. The molecule has 2 aromatic rings. The highest BCUT2D eigenvalue weighted by Crippen LogP contribution is 2.42. The molecule has 0 radical (unpaired) electrons. The Morgan fingerprint density at radius 1 is 1.50 bits per heavy atom. The molecule has 0 bridgehead atoms. The standard InChI is InChI=1S/C16H16N8O4S4/c1-23-2-8(20-22-23)30-3-6-4-31-14-10(13(26)24(14)11(6)15(27)29)19-12(25)9(21-28)7-5-32-16(17)18-7/h2,5,10,14,28H,3-4H2,1H3,(H2,17,18)(H,19,25)(H,27,29)/b21-9+/t10-,14-/m1/s1. The van der Waals surface area contributed by atoms with E-state index in [2.05, 4.69) is 38.4 Å². The maximum absolute atomic E-state index is 12.8. The zero-order chi connectivity index (χ0) is 23.0. The van der Waals surface area contributed by atoms with Crippen LogP contribution in [-0.2, 0) is 21.4 Å². The lowest BCUT2D eigenvalue weighted by Crippen LogP contribution is -2.71. The van der Waals surface area contributed by atoms with Crippen molar-refractivity contribution in [2.24, 2.45) is 12.2 Å². The third kappa shape index (κ3) is 4.22. The fourth-order valence-corrected chi connectivity index (χ4v) is 6.34. The van der Waals surface area contributed by atoms with Gasteiger partial charge in [0.25, 0.3) is 11.8 Å². The van der Waals surface area contributed by atoms with Crippen molar-refractivity contribution in [1.82, 2.24) is 30.2 Å². The van der Waals surface area contributed by atoms with Gasteiger partial charge >= 0.3 is 0 Å². The van der Waals surface area contributed by atoms with Crippen LogP contribution in [0.1, 0.15) is 5.69 Å². The molecule has 0 unspecified atom stereocenters. The minimum absolute atomic E-state index is 0.0990. The van der Waals surface area contributed by atoms with Crippen molar-refractivity contribution >= 4 is 75.3 Å². The smallest absolute Gasteiger partial charge is 0.276 e. The third-order valence-electron chi connectivity index (χ3n) is 4.59. The number of β-lactam (4-membered cyclic amide) rings is 1. The number of carbonyl (C=O) groups excluding carboxylic acids is 3. The number of nitrogen functional groups attached to an aromatic ring is 1. The lowest BCUT2D eigenvalue weighted by atomic mass is 10.0. The number of hydrogen-bond acceptors (Lipinski definition) is 12. The van der Waals surface area contributed by atoms with Crippen LogP contribution in [0, 0.1) is 0 Å². The number of oxime groups is 1. The summed E-state index contributed by atoms with van der Waals surface area (Å²) in [5, 5.41) is 24.0. The Kier molecular flexibility index (Phi) is 6.45. The van der Waals surface area contributed by atoms with E-state index in [1.54, 1.807) is 17.9 Å². The van der Waals surface area contributed by atoms with Crippen LogP contribution >= 0.6 is 47.5 Å². The van der Waals surface area contributed by atoms with Crippen molar-refractivity contribution in [1.29, 1.82) is 0 Å². The second-order valence-electron chi connectivity index (χ2n) is 6.66. The molecule has 2 atom stereocenters. The number of carbonyl (C=O) groups is 3. The maximum atomic E-state index is 12.8. The molecule has 4 heterocycles. The molecule has 1 saturated heterocycles. The number of anilines is 1. The van der Waals surface area contributed by atoms with Gasteiger partial charge in [0.05, 0.1) is 6.20 Å². The van der Waals surface area contributed by atoms with Crippen molar-refractivity contribution in [2.45, 2.75) is 16.4 Å². The summed E-state index contributed by atoms with van der Waals surface area (Å²) in [6.07, 6.45) is 1.75. The molecule has 168 valence electrons. The van der Waals surface area contributed by atoms with Crippen LogP contribution in [0.4, 0.5) is 5.13 Å². The van der Waals surface area contributed by atoms with Gasteiger partial charge < -0.3 is 16.3 Å². The summed E-state index contributed by atoms with van der Waals surface area (Å²) in [4.78, 5) is 42.9. The van der Waals surface area contributed by atoms with E-state index in [-0.39, 0.29) is 22.2 Å². The first-order chi connectivity index (χ1) is 15.3. The average Bonchev–Trinajstić information content (AvgIpc) is 3.38. The minimum Gasteiger partial charge on any atom is -0.410 e. The van der Waals surface area contributed by atoms with Gasteiger partial charge in [-0.3, -0.25) is 24.0 Å². The zero-order valence-electron chi connectivity index (χ0n) is 16.3. The molecule has 0 aliphatic carbocycles. The number of nitrogens with one attached hydrogen (secondary N) is 1. The molecule has 1 fully saturated rings. The molecule has 12 nitrogen and oxygen atoms in total. The van der Waals surface area contributed by atoms with E-state index >= 15 is 0 Å². The summed E-state index contributed by atoms with van der Waals surface area (Å²) in [5.74, 6) is -0.319. The van der Waals surface area contributed by atoms with Gasteiger partial charge in [0, 0.05) is 23.9 Å². The molecule has 2 amide bonds. The van der Waals surface area contributed by atoms with Gasteiger partial charge in [-0.1, -0.05) is 34.8 Å². The highest BCUT2D eigenvalue weighted by atomic mass is 32.2. The molecule has 16 heteroatoms. The summed E-state index contributed by atoms with van der Waals surface area (Å²) >= 11 is 7.85. The number of aromatic nitrogens is 4. The molecule has 32 heavy (non-hydrogen) atoms. The molecule has 4 rings (SSSR count). The van der Waals surface area contributed by atoms with E-state index in [4.69, 9.17) is 5.73 Å². The van der Waals surface area contributed by atoms with Crippen molar-refractivity contribution in [2.75, 3.05) is 17.2 Å². The van der Waals surface area contributed by atoms with Crippen molar-refractivity contribution in [3.05, 3.63) is 28.5 Å². The number of thiol groups is 1. The summed E-state index contributed by atoms with van der Waals surface area (Å²) in [5.41, 5.74) is 6.26. The second kappa shape index (κ2) is 9.13. The van der Waals surface area contributed by atoms with Crippen LogP contribution in [0.5, 0.6) is 0 Å². The lowest BCUT2D eigenvalue weighted by Gasteiger charge is -2.49. The molecule has 2 aliphatic heterocycles. The van der Waals surface area contributed by atoms with Gasteiger partial charge in [-0.05, 0) is 5.57 Å². The average molecular weight is 513 g/mol. The Balaban J connectivity index is 1.48. The fraction of sp³-hybridized carbons (Fsp3) is 0.312. The molecular weight excluding hydrogens is 496 g/mol. The van der Waals surface area contributed by atoms with Gasteiger partial charge in [-0.15, -0.1) is 28.2 Å². The Morgan fingerprint density at radius 3 is 2.88 bits per heavy atom. The number of thioether (sulfide) groups is 2. The van der Waals surface area contributed by atoms with Crippen LogP contribution in [0.2, 0.25) is 0 Å². The lowest BCUT2D eigenvalue weighted by molar-refractivity contribution is -0.146. The first kappa shape index (κ1) is 22.6. The van der Waals surface area contributed by atoms with Gasteiger partial charge in [-0.25, -0.2) is 4.98 Å². The number of hydrogen-bond donors (Lipinski definition) is 4. The van der Waals surface area contributed by atoms with Crippen LogP contribution in [-0.4, -0.2) is 75.6 Å². The predicted octanol–water partition coefficient (Wildman–Crippen LogP) is -0.0652. The quantitative estimate of drug-likeness (QED) is 0.0984. The number of rotatable bonds is 7. The minimum atomic E-state index is -0.892. The van der Waals surface area contributed by atoms with Gasteiger partial charge in [0.2, 0.25) is 5.12 Å². The Hall–Kier alpha value is -2.56. The Bertz CT molecular complexity index is 1160. The van der Waals surface area contributed by atoms with Crippen LogP contribution < -0.4 is 11.1 Å². The summed E-state index contributed by atoms with van der Waals surface area (Å²) in [6.45, 7) is 0. The van der Waals surface area contributed by atoms with Crippen molar-refractivity contribution in [3.63, 3.8) is 0 Å². The first-order valence-corrected chi connectivity index (χ1v) is 12.3. The zero-order valence-corrected chi connectivity index (χ0v) is 19.7. The SMILES string of the molecule is Cn1cc(SCC2=C(C(=O)S)N3C(=O)[C@@H](NC(=O)/C(=N/O)c4csc(N)n4)[C@H]3SC2)nn1. The van der Waals surface area contributed by atoms with Gasteiger partial charge in [0.15, 0.2) is 10.8 Å². The summed E-state index contributed by atoms with van der Waals surface area (Å²) in [6, 6.07) is -0.892. The summed E-state index contributed by atoms with van der Waals surface area (Å²) < 4.78 is 1.57. The number of aryl methyl sites for hydroxylation is 1. The number of nitrogens with two attached hydrogens (primary N) is 1. The molecule has 2 aliphatic rings. The summed E-state index contributed by atoms with van der Waals surface area (Å²) in [7, 11) is 1.75. The topological polar surface area (TPSA) is 169 Å². The number of nitrogens with zero attached hydrogens (tertiary/aromatic N) is 6. The highest BCUT2D eigenvalue weighted by molar-refractivity contribution is 8.01. The molecule has 0 aromatic carbocycles. The molecule has 0 spiro atoms. The molecular formula is C16H16N8O4S4. The number of amides is 2. The molecule has 4 N–H and O–H groups in total. The predicted molar refractivity (Wildman–Crippen MR) is 123 cm³/mol. The van der Waals surface area contributed by atoms with Gasteiger partial charge in [-0.2, -0.15) is 0 Å². The third-order valence-corrected chi connectivity index (χ3v) is 7.79. The van der Waals surface area contributed by atoms with Crippen molar-refractivity contribution in [3.8, 4) is 0 Å². The monoisotopic (exact) mass is 512 g/mol. The Labute approximate surface area is 199 Å². The number of thiazole rings is 1.